The molecule has 140 valence electrons. The number of nitrogens with zero attached hydrogens (tertiary/aromatic N) is 3. The second-order valence-electron chi connectivity index (χ2n) is 8.18. The number of likely N-dealkylation sites (tertiary alicyclic amines) is 1. The SMILES string of the molecule is c1n[nH]c(C2CCCCC2)c1CN1CCCC[C@@H]1CN1CCOCC1. The van der Waals surface area contributed by atoms with Gasteiger partial charge < -0.3 is 4.74 Å². The van der Waals surface area contributed by atoms with Crippen molar-refractivity contribution < 1.29 is 4.74 Å². The number of nitrogens with one attached hydrogen (secondary N) is 1. The topological polar surface area (TPSA) is 44.4 Å². The van der Waals surface area contributed by atoms with Crippen molar-refractivity contribution in [2.75, 3.05) is 39.4 Å². The molecule has 1 aromatic heterocycles. The van der Waals surface area contributed by atoms with Gasteiger partial charge in [0.25, 0.3) is 0 Å². The predicted molar refractivity (Wildman–Crippen MR) is 99.7 cm³/mol. The molecule has 5 nitrogen and oxygen atoms in total. The van der Waals surface area contributed by atoms with Crippen LogP contribution in [-0.4, -0.2) is 65.4 Å². The minimum atomic E-state index is 0.695. The van der Waals surface area contributed by atoms with Gasteiger partial charge in [-0.05, 0) is 32.2 Å². The van der Waals surface area contributed by atoms with Crippen molar-refractivity contribution >= 4 is 0 Å². The molecule has 25 heavy (non-hydrogen) atoms. The highest BCUT2D eigenvalue weighted by molar-refractivity contribution is 5.21. The summed E-state index contributed by atoms with van der Waals surface area (Å²) in [5.74, 6) is 0.716. The summed E-state index contributed by atoms with van der Waals surface area (Å²) in [4.78, 5) is 5.33. The Morgan fingerprint density at radius 2 is 1.80 bits per heavy atom. The van der Waals surface area contributed by atoms with E-state index in [1.807, 2.05) is 0 Å². The van der Waals surface area contributed by atoms with Gasteiger partial charge in [0.2, 0.25) is 0 Å². The number of aromatic nitrogens is 2. The van der Waals surface area contributed by atoms with Gasteiger partial charge in [0.1, 0.15) is 0 Å². The van der Waals surface area contributed by atoms with E-state index in [0.29, 0.717) is 12.0 Å². The van der Waals surface area contributed by atoms with E-state index < -0.39 is 0 Å². The Kier molecular flexibility index (Phi) is 6.06. The van der Waals surface area contributed by atoms with Crippen LogP contribution in [-0.2, 0) is 11.3 Å². The average molecular weight is 347 g/mol. The Balaban J connectivity index is 1.40. The van der Waals surface area contributed by atoms with Crippen LogP contribution in [0.5, 0.6) is 0 Å². The van der Waals surface area contributed by atoms with Crippen LogP contribution >= 0.6 is 0 Å². The fourth-order valence-corrected chi connectivity index (χ4v) is 4.97. The first-order chi connectivity index (χ1) is 12.4. The van der Waals surface area contributed by atoms with E-state index >= 15 is 0 Å². The number of morpholine rings is 1. The van der Waals surface area contributed by atoms with E-state index in [-0.39, 0.29) is 0 Å². The fraction of sp³-hybridized carbons (Fsp3) is 0.850. The molecule has 3 aliphatic rings. The van der Waals surface area contributed by atoms with Crippen LogP contribution in [0.3, 0.4) is 0 Å². The summed E-state index contributed by atoms with van der Waals surface area (Å²) in [5, 5.41) is 7.78. The predicted octanol–water partition coefficient (Wildman–Crippen LogP) is 3.14. The number of hydrogen-bond acceptors (Lipinski definition) is 4. The van der Waals surface area contributed by atoms with E-state index in [9.17, 15) is 0 Å². The van der Waals surface area contributed by atoms with Crippen molar-refractivity contribution in [3.05, 3.63) is 17.5 Å². The molecule has 3 heterocycles. The Bertz CT molecular complexity index is 520. The lowest BCUT2D eigenvalue weighted by Crippen LogP contribution is -2.49. The van der Waals surface area contributed by atoms with E-state index in [2.05, 4.69) is 26.2 Å². The summed E-state index contributed by atoms with van der Waals surface area (Å²) < 4.78 is 5.52. The first kappa shape index (κ1) is 17.5. The molecule has 0 aromatic carbocycles. The Hall–Kier alpha value is -0.910. The maximum atomic E-state index is 5.52. The summed E-state index contributed by atoms with van der Waals surface area (Å²) in [6.45, 7) is 7.54. The second kappa shape index (κ2) is 8.65. The van der Waals surface area contributed by atoms with Crippen molar-refractivity contribution in [3.8, 4) is 0 Å². The number of aromatic amines is 1. The zero-order chi connectivity index (χ0) is 16.9. The zero-order valence-electron chi connectivity index (χ0n) is 15.6. The van der Waals surface area contributed by atoms with Gasteiger partial charge >= 0.3 is 0 Å². The molecule has 5 heteroatoms. The summed E-state index contributed by atoms with van der Waals surface area (Å²) in [6.07, 6.45) is 13.0. The van der Waals surface area contributed by atoms with Crippen molar-refractivity contribution in [2.45, 2.75) is 69.9 Å². The third-order valence-corrected chi connectivity index (χ3v) is 6.46. The molecule has 0 unspecified atom stereocenters. The normalized spacial score (nSPS) is 27.6. The minimum Gasteiger partial charge on any atom is -0.379 e. The van der Waals surface area contributed by atoms with Gasteiger partial charge in [0, 0.05) is 49.4 Å². The van der Waals surface area contributed by atoms with Crippen molar-refractivity contribution in [1.29, 1.82) is 0 Å². The second-order valence-corrected chi connectivity index (χ2v) is 8.18. The Morgan fingerprint density at radius 3 is 2.64 bits per heavy atom. The Morgan fingerprint density at radius 1 is 1.00 bits per heavy atom. The molecule has 1 aromatic rings. The van der Waals surface area contributed by atoms with E-state index in [1.54, 1.807) is 0 Å². The van der Waals surface area contributed by atoms with Crippen LogP contribution in [0, 0.1) is 0 Å². The van der Waals surface area contributed by atoms with Crippen LogP contribution < -0.4 is 0 Å². The summed E-state index contributed by atoms with van der Waals surface area (Å²) in [7, 11) is 0. The quantitative estimate of drug-likeness (QED) is 0.889. The van der Waals surface area contributed by atoms with E-state index in [4.69, 9.17) is 4.74 Å². The van der Waals surface area contributed by atoms with Crippen LogP contribution in [0.1, 0.15) is 68.5 Å². The van der Waals surface area contributed by atoms with Crippen LogP contribution in [0.2, 0.25) is 0 Å². The van der Waals surface area contributed by atoms with Gasteiger partial charge in [-0.2, -0.15) is 5.10 Å². The monoisotopic (exact) mass is 346 g/mol. The van der Waals surface area contributed by atoms with Crippen LogP contribution in [0.25, 0.3) is 0 Å². The zero-order valence-corrected chi connectivity index (χ0v) is 15.6. The van der Waals surface area contributed by atoms with Gasteiger partial charge in [0.15, 0.2) is 0 Å². The molecule has 1 N–H and O–H groups in total. The van der Waals surface area contributed by atoms with Gasteiger partial charge in [-0.15, -0.1) is 0 Å². The highest BCUT2D eigenvalue weighted by Crippen LogP contribution is 2.34. The lowest BCUT2D eigenvalue weighted by molar-refractivity contribution is 0.0152. The molecule has 0 amide bonds. The first-order valence-corrected chi connectivity index (χ1v) is 10.5. The molecule has 0 radical (unpaired) electrons. The van der Waals surface area contributed by atoms with Gasteiger partial charge in [-0.25, -0.2) is 0 Å². The maximum Gasteiger partial charge on any atom is 0.0594 e. The Labute approximate surface area is 152 Å². The number of ether oxygens (including phenoxy) is 1. The highest BCUT2D eigenvalue weighted by Gasteiger charge is 2.27. The summed E-state index contributed by atoms with van der Waals surface area (Å²) in [6, 6.07) is 0.695. The van der Waals surface area contributed by atoms with E-state index in [1.165, 1.54) is 75.7 Å². The summed E-state index contributed by atoms with van der Waals surface area (Å²) >= 11 is 0. The molecular weight excluding hydrogens is 312 g/mol. The minimum absolute atomic E-state index is 0.695. The van der Waals surface area contributed by atoms with E-state index in [0.717, 1.165) is 32.8 Å². The average Bonchev–Trinajstić information content (AvgIpc) is 3.13. The molecule has 1 atom stereocenters. The molecule has 3 fully saturated rings. The van der Waals surface area contributed by atoms with Crippen molar-refractivity contribution in [2.24, 2.45) is 0 Å². The van der Waals surface area contributed by atoms with Gasteiger partial charge in [-0.3, -0.25) is 14.9 Å². The largest absolute Gasteiger partial charge is 0.379 e. The van der Waals surface area contributed by atoms with Crippen molar-refractivity contribution in [1.82, 2.24) is 20.0 Å². The number of piperidine rings is 1. The standard InChI is InChI=1S/C20H34N4O/c1-2-6-17(7-3-1)20-18(14-21-22-20)15-24-9-5-4-8-19(24)16-23-10-12-25-13-11-23/h14,17,19H,1-13,15-16H2,(H,21,22)/t19-/m1/s1. The summed E-state index contributed by atoms with van der Waals surface area (Å²) in [5.41, 5.74) is 2.90. The third-order valence-electron chi connectivity index (χ3n) is 6.46. The fourth-order valence-electron chi connectivity index (χ4n) is 4.97. The molecule has 0 spiro atoms. The molecular formula is C20H34N4O. The molecule has 2 saturated heterocycles. The van der Waals surface area contributed by atoms with Crippen LogP contribution in [0.4, 0.5) is 0 Å². The lowest BCUT2D eigenvalue weighted by atomic mass is 9.85. The number of rotatable bonds is 5. The van der Waals surface area contributed by atoms with Crippen LogP contribution in [0.15, 0.2) is 6.20 Å². The first-order valence-electron chi connectivity index (χ1n) is 10.5. The molecule has 1 aliphatic carbocycles. The highest BCUT2D eigenvalue weighted by atomic mass is 16.5. The lowest BCUT2D eigenvalue weighted by Gasteiger charge is -2.39. The third kappa shape index (κ3) is 4.44. The smallest absolute Gasteiger partial charge is 0.0594 e. The van der Waals surface area contributed by atoms with Gasteiger partial charge in [0.05, 0.1) is 19.4 Å². The molecule has 2 aliphatic heterocycles. The maximum absolute atomic E-state index is 5.52. The van der Waals surface area contributed by atoms with Gasteiger partial charge in [-0.1, -0.05) is 25.7 Å². The number of hydrogen-bond donors (Lipinski definition) is 1. The molecule has 1 saturated carbocycles. The molecule has 4 rings (SSSR count). The van der Waals surface area contributed by atoms with Crippen molar-refractivity contribution in [3.63, 3.8) is 0 Å². The number of H-pyrrole nitrogens is 1. The molecule has 0 bridgehead atoms.